The average Bonchev–Trinajstić information content (AvgIpc) is 3.55. The molecule has 38 heavy (non-hydrogen) atoms. The molecule has 0 saturated carbocycles. The zero-order chi connectivity index (χ0) is 35.5. The molecule has 178 valence electrons. The van der Waals surface area contributed by atoms with Crippen LogP contribution >= 0.6 is 0 Å². The van der Waals surface area contributed by atoms with Crippen molar-refractivity contribution in [2.24, 2.45) is 0 Å². The summed E-state index contributed by atoms with van der Waals surface area (Å²) in [5.74, 6) is 0. The van der Waals surface area contributed by atoms with Crippen molar-refractivity contribution in [3.63, 3.8) is 0 Å². The van der Waals surface area contributed by atoms with Gasteiger partial charge in [-0.3, -0.25) is 0 Å². The van der Waals surface area contributed by atoms with Crippen LogP contribution in [0.15, 0.2) is 145 Å². The van der Waals surface area contributed by atoms with Crippen molar-refractivity contribution < 1.29 is 16.4 Å². The van der Waals surface area contributed by atoms with Crippen LogP contribution in [0.3, 0.4) is 0 Å². The van der Waals surface area contributed by atoms with Gasteiger partial charge in [0.15, 0.2) is 0 Å². The van der Waals surface area contributed by atoms with E-state index in [2.05, 4.69) is 0 Å². The fourth-order valence-electron chi connectivity index (χ4n) is 5.21. The number of hydrogen-bond donors (Lipinski definition) is 0. The van der Waals surface area contributed by atoms with E-state index in [-0.39, 0.29) is 46.7 Å². The van der Waals surface area contributed by atoms with Gasteiger partial charge in [0.05, 0.1) is 38.5 Å². The molecule has 0 fully saturated rings. The SMILES string of the molecule is [2H]c1ccc2c(c1)c1cc([2H])ccc1n2-c1c([2H])c([2H])c([2H])c(-c2c([2H])c([2H])c([2H])c(-n3c4ccc([2H])cc4c4cc([2H])ccc43)c2[2H])c1[2H]. The molecule has 0 atom stereocenters. The summed E-state index contributed by atoms with van der Waals surface area (Å²) >= 11 is 0. The van der Waals surface area contributed by atoms with E-state index in [0.717, 1.165) is 0 Å². The first kappa shape index (κ1) is 12.4. The summed E-state index contributed by atoms with van der Waals surface area (Å²) in [6.45, 7) is 0. The minimum atomic E-state index is -0.587. The zero-order valence-corrected chi connectivity index (χ0v) is 19.8. The highest BCUT2D eigenvalue weighted by atomic mass is 15.0. The lowest BCUT2D eigenvalue weighted by molar-refractivity contribution is 1.17. The molecule has 0 aliphatic carbocycles. The normalized spacial score (nSPS) is 16.1. The van der Waals surface area contributed by atoms with Gasteiger partial charge in [-0.2, -0.15) is 0 Å². The van der Waals surface area contributed by atoms with Crippen LogP contribution in [0.1, 0.15) is 16.4 Å². The smallest absolute Gasteiger partial charge is 0.0651 e. The van der Waals surface area contributed by atoms with Gasteiger partial charge in [0, 0.05) is 32.9 Å². The quantitative estimate of drug-likeness (QED) is 0.230. The van der Waals surface area contributed by atoms with Gasteiger partial charge < -0.3 is 9.13 Å². The largest absolute Gasteiger partial charge is 0.309 e. The number of aromatic nitrogens is 2. The molecule has 0 amide bonds. The van der Waals surface area contributed by atoms with E-state index in [1.165, 1.54) is 0 Å². The number of fused-ring (bicyclic) bond motifs is 6. The molecule has 8 rings (SSSR count). The summed E-state index contributed by atoms with van der Waals surface area (Å²) < 4.78 is 109. The van der Waals surface area contributed by atoms with E-state index in [4.69, 9.17) is 13.7 Å². The first-order valence-electron chi connectivity index (χ1n) is 18.0. The van der Waals surface area contributed by atoms with Gasteiger partial charge in [0.25, 0.3) is 0 Å². The third-order valence-corrected chi connectivity index (χ3v) is 6.83. The van der Waals surface area contributed by atoms with E-state index in [0.29, 0.717) is 43.6 Å². The summed E-state index contributed by atoms with van der Waals surface area (Å²) in [5.41, 5.74) is 1.08. The third kappa shape index (κ3) is 3.07. The second-order valence-electron chi connectivity index (χ2n) is 8.89. The van der Waals surface area contributed by atoms with Crippen LogP contribution in [-0.2, 0) is 0 Å². The zero-order valence-electron chi connectivity index (χ0n) is 31.8. The van der Waals surface area contributed by atoms with Crippen molar-refractivity contribution in [3.05, 3.63) is 145 Å². The van der Waals surface area contributed by atoms with Crippen molar-refractivity contribution in [1.82, 2.24) is 9.13 Å². The summed E-state index contributed by atoms with van der Waals surface area (Å²) in [7, 11) is 0. The van der Waals surface area contributed by atoms with Crippen LogP contribution < -0.4 is 0 Å². The maximum absolute atomic E-state index is 9.50. The van der Waals surface area contributed by atoms with Crippen molar-refractivity contribution in [2.45, 2.75) is 0 Å². The lowest BCUT2D eigenvalue weighted by Crippen LogP contribution is -1.95. The van der Waals surface area contributed by atoms with Crippen molar-refractivity contribution in [2.75, 3.05) is 0 Å². The summed E-state index contributed by atoms with van der Waals surface area (Å²) in [6.07, 6.45) is 0. The molecule has 0 aliphatic rings. The second kappa shape index (κ2) is 8.22. The Kier molecular flexibility index (Phi) is 2.69. The first-order valence-corrected chi connectivity index (χ1v) is 12.0. The highest BCUT2D eigenvalue weighted by Crippen LogP contribution is 2.35. The Morgan fingerprint density at radius 1 is 0.395 bits per heavy atom. The Morgan fingerprint density at radius 2 is 0.737 bits per heavy atom. The number of rotatable bonds is 3. The van der Waals surface area contributed by atoms with E-state index in [9.17, 15) is 2.74 Å². The Morgan fingerprint density at radius 3 is 1.08 bits per heavy atom. The number of hydrogen-bond acceptors (Lipinski definition) is 0. The fraction of sp³-hybridized carbons (Fsp3) is 0. The molecule has 2 nitrogen and oxygen atoms in total. The molecule has 0 saturated heterocycles. The lowest BCUT2D eigenvalue weighted by Gasteiger charge is -2.12. The minimum Gasteiger partial charge on any atom is -0.309 e. The molecule has 6 aromatic carbocycles. The van der Waals surface area contributed by atoms with E-state index in [1.807, 2.05) is 0 Å². The molecule has 2 aromatic heterocycles. The topological polar surface area (TPSA) is 9.86 Å². The van der Waals surface area contributed by atoms with Gasteiger partial charge in [0.1, 0.15) is 0 Å². The molecule has 0 N–H and O–H groups in total. The molecule has 0 aliphatic heterocycles. The molecule has 0 radical (unpaired) electrons. The predicted octanol–water partition coefficient (Wildman–Crippen LogP) is 9.55. The molecule has 0 unspecified atom stereocenters. The van der Waals surface area contributed by atoms with Crippen LogP contribution in [0.5, 0.6) is 0 Å². The van der Waals surface area contributed by atoms with Crippen LogP contribution in [0.4, 0.5) is 0 Å². The third-order valence-electron chi connectivity index (χ3n) is 6.83. The van der Waals surface area contributed by atoms with Crippen molar-refractivity contribution in [1.29, 1.82) is 0 Å². The highest BCUT2D eigenvalue weighted by molar-refractivity contribution is 6.10. The van der Waals surface area contributed by atoms with Crippen LogP contribution in [-0.4, -0.2) is 9.13 Å². The van der Waals surface area contributed by atoms with Gasteiger partial charge in [-0.1, -0.05) is 96.9 Å². The van der Waals surface area contributed by atoms with E-state index in [1.54, 1.807) is 81.9 Å². The standard InChI is InChI=1S/C36H24N2/c1-5-19-33-29(15-1)30-16-2-6-20-34(30)37(33)27-13-9-11-25(23-27)26-12-10-14-28(24-26)38-35-21-7-3-17-31(35)32-18-4-8-22-36(32)38/h1-24H/i1D,2D,3D,4D,9D,10D,11D,12D,13D,14D,23D,24D. The molecular weight excluding hydrogens is 460 g/mol. The molecule has 8 aromatic rings. The average molecular weight is 497 g/mol. The molecule has 2 heteroatoms. The Hall–Kier alpha value is -5.08. The Labute approximate surface area is 237 Å². The number of benzene rings is 6. The molecule has 0 bridgehead atoms. The van der Waals surface area contributed by atoms with Gasteiger partial charge >= 0.3 is 0 Å². The van der Waals surface area contributed by atoms with E-state index >= 15 is 0 Å². The maximum Gasteiger partial charge on any atom is 0.0651 e. The van der Waals surface area contributed by atoms with E-state index < -0.39 is 48.3 Å². The number of nitrogens with zero attached hydrogens (tertiary/aromatic N) is 2. The van der Waals surface area contributed by atoms with Crippen molar-refractivity contribution >= 4 is 43.6 Å². The lowest BCUT2D eigenvalue weighted by atomic mass is 10.0. The van der Waals surface area contributed by atoms with Gasteiger partial charge in [-0.25, -0.2) is 0 Å². The maximum atomic E-state index is 9.50. The van der Waals surface area contributed by atoms with Gasteiger partial charge in [-0.15, -0.1) is 0 Å². The minimum absolute atomic E-state index is 0.110. The summed E-state index contributed by atoms with van der Waals surface area (Å²) in [4.78, 5) is 0. The van der Waals surface area contributed by atoms with Crippen molar-refractivity contribution in [3.8, 4) is 22.5 Å². The van der Waals surface area contributed by atoms with Crippen LogP contribution in [0, 0.1) is 0 Å². The van der Waals surface area contributed by atoms with Gasteiger partial charge in [0.2, 0.25) is 0 Å². The molecule has 2 heterocycles. The summed E-state index contributed by atoms with van der Waals surface area (Å²) in [6, 6.07) is 15.9. The van der Waals surface area contributed by atoms with Gasteiger partial charge in [-0.05, 0) is 59.6 Å². The number of para-hydroxylation sites is 4. The Balaban J connectivity index is 1.51. The summed E-state index contributed by atoms with van der Waals surface area (Å²) in [5, 5.41) is 2.33. The molecule has 0 spiro atoms. The second-order valence-corrected chi connectivity index (χ2v) is 8.89. The first-order chi connectivity index (χ1) is 23.8. The molecular formula is C36H24N2. The van der Waals surface area contributed by atoms with Crippen LogP contribution in [0.25, 0.3) is 66.1 Å². The van der Waals surface area contributed by atoms with Crippen LogP contribution in [0.2, 0.25) is 0 Å². The fourth-order valence-corrected chi connectivity index (χ4v) is 5.21. The monoisotopic (exact) mass is 496 g/mol. The predicted molar refractivity (Wildman–Crippen MR) is 161 cm³/mol. The highest BCUT2D eigenvalue weighted by Gasteiger charge is 2.14. The Bertz CT molecular complexity index is 2490.